The highest BCUT2D eigenvalue weighted by Crippen LogP contribution is 2.62. The zero-order valence-corrected chi connectivity index (χ0v) is 12.6. The van der Waals surface area contributed by atoms with E-state index in [0.717, 1.165) is 0 Å². The molecule has 2 amide bonds. The fourth-order valence-corrected chi connectivity index (χ4v) is 3.33. The lowest BCUT2D eigenvalue weighted by Gasteiger charge is -2.13. The molecule has 1 aromatic rings. The highest BCUT2D eigenvalue weighted by Gasteiger charge is 2.65. The highest BCUT2D eigenvalue weighted by atomic mass is 19.3. The number of anilines is 1. The van der Waals surface area contributed by atoms with Gasteiger partial charge < -0.3 is 15.4 Å². The summed E-state index contributed by atoms with van der Waals surface area (Å²) in [7, 11) is 1.55. The van der Waals surface area contributed by atoms with Crippen LogP contribution in [0.3, 0.4) is 0 Å². The molecule has 23 heavy (non-hydrogen) atoms. The van der Waals surface area contributed by atoms with E-state index in [2.05, 4.69) is 10.6 Å². The molecule has 1 aromatic carbocycles. The Hall–Kier alpha value is -2.18. The van der Waals surface area contributed by atoms with Gasteiger partial charge >= 0.3 is 0 Å². The van der Waals surface area contributed by atoms with E-state index >= 15 is 0 Å². The molecule has 0 heterocycles. The molecule has 2 N–H and O–H groups in total. The first kappa shape index (κ1) is 15.7. The average molecular weight is 324 g/mol. The molecule has 7 heteroatoms. The van der Waals surface area contributed by atoms with Crippen molar-refractivity contribution in [3.8, 4) is 5.75 Å². The van der Waals surface area contributed by atoms with Crippen molar-refractivity contribution in [2.45, 2.75) is 18.8 Å². The van der Waals surface area contributed by atoms with Crippen LogP contribution in [0.1, 0.15) is 12.8 Å². The van der Waals surface area contributed by atoms with Crippen LogP contribution < -0.4 is 15.4 Å². The number of alkyl halides is 2. The number of carbonyl (C=O) groups excluding carboxylic acids is 2. The smallest absolute Gasteiger partial charge is 0.248 e. The van der Waals surface area contributed by atoms with Gasteiger partial charge in [0.25, 0.3) is 0 Å². The molecular weight excluding hydrogens is 306 g/mol. The largest absolute Gasteiger partial charge is 0.497 e. The Balaban J connectivity index is 1.42. The number of hydrogen-bond donors (Lipinski definition) is 2. The van der Waals surface area contributed by atoms with Crippen LogP contribution in [-0.2, 0) is 9.59 Å². The van der Waals surface area contributed by atoms with E-state index in [9.17, 15) is 18.4 Å². The Kier molecular flexibility index (Phi) is 3.95. The second-order valence-electron chi connectivity index (χ2n) is 6.11. The molecule has 0 aromatic heterocycles. The topological polar surface area (TPSA) is 67.4 Å². The summed E-state index contributed by atoms with van der Waals surface area (Å²) in [6.45, 7) is -0.169. The van der Waals surface area contributed by atoms with Gasteiger partial charge in [-0.05, 0) is 36.1 Å². The van der Waals surface area contributed by atoms with Crippen molar-refractivity contribution >= 4 is 17.5 Å². The Labute approximate surface area is 132 Å². The van der Waals surface area contributed by atoms with E-state index in [1.54, 1.807) is 31.4 Å². The molecule has 0 spiro atoms. The summed E-state index contributed by atoms with van der Waals surface area (Å²) in [5, 5.41) is 5.16. The van der Waals surface area contributed by atoms with Crippen molar-refractivity contribution in [1.82, 2.24) is 5.32 Å². The fourth-order valence-electron chi connectivity index (χ4n) is 3.33. The monoisotopic (exact) mass is 324 g/mol. The number of amides is 2. The average Bonchev–Trinajstić information content (AvgIpc) is 3.04. The van der Waals surface area contributed by atoms with Crippen molar-refractivity contribution in [2.24, 2.45) is 17.8 Å². The van der Waals surface area contributed by atoms with Crippen LogP contribution in [0.5, 0.6) is 5.75 Å². The van der Waals surface area contributed by atoms with Crippen LogP contribution in [0, 0.1) is 17.8 Å². The molecule has 3 atom stereocenters. The number of ether oxygens (including phenoxy) is 1. The quantitative estimate of drug-likeness (QED) is 0.871. The summed E-state index contributed by atoms with van der Waals surface area (Å²) in [4.78, 5) is 23.7. The molecule has 2 fully saturated rings. The molecule has 0 bridgehead atoms. The predicted molar refractivity (Wildman–Crippen MR) is 79.3 cm³/mol. The summed E-state index contributed by atoms with van der Waals surface area (Å²) in [6, 6.07) is 6.79. The molecule has 3 rings (SSSR count). The molecule has 5 nitrogen and oxygen atoms in total. The number of fused-ring (bicyclic) bond motifs is 1. The minimum Gasteiger partial charge on any atom is -0.497 e. The Morgan fingerprint density at radius 1 is 1.22 bits per heavy atom. The first-order chi connectivity index (χ1) is 10.9. The van der Waals surface area contributed by atoms with Crippen LogP contribution in [0.15, 0.2) is 24.3 Å². The lowest BCUT2D eigenvalue weighted by Crippen LogP contribution is -2.35. The highest BCUT2D eigenvalue weighted by molar-refractivity contribution is 5.95. The summed E-state index contributed by atoms with van der Waals surface area (Å²) in [6.07, 6.45) is -0.429. The van der Waals surface area contributed by atoms with Crippen molar-refractivity contribution in [1.29, 1.82) is 0 Å². The summed E-state index contributed by atoms with van der Waals surface area (Å²) in [5.74, 6) is -3.43. The van der Waals surface area contributed by atoms with E-state index in [4.69, 9.17) is 4.74 Å². The zero-order chi connectivity index (χ0) is 16.6. The molecule has 124 valence electrons. The molecule has 2 saturated carbocycles. The number of benzene rings is 1. The first-order valence-corrected chi connectivity index (χ1v) is 7.49. The molecule has 2 aliphatic rings. The molecule has 0 saturated heterocycles. The lowest BCUT2D eigenvalue weighted by atomic mass is 10.1. The van der Waals surface area contributed by atoms with Crippen molar-refractivity contribution in [3.63, 3.8) is 0 Å². The van der Waals surface area contributed by atoms with Gasteiger partial charge in [-0.25, -0.2) is 8.78 Å². The first-order valence-electron chi connectivity index (χ1n) is 7.49. The van der Waals surface area contributed by atoms with Gasteiger partial charge in [0.2, 0.25) is 17.7 Å². The van der Waals surface area contributed by atoms with E-state index in [1.807, 2.05) is 0 Å². The van der Waals surface area contributed by atoms with E-state index < -0.39 is 5.92 Å². The Bertz CT molecular complexity index is 604. The molecule has 2 aliphatic carbocycles. The number of hydrogen-bond acceptors (Lipinski definition) is 3. The van der Waals surface area contributed by atoms with Crippen molar-refractivity contribution in [3.05, 3.63) is 24.3 Å². The number of methoxy groups -OCH3 is 1. The van der Waals surface area contributed by atoms with E-state index in [1.165, 1.54) is 0 Å². The van der Waals surface area contributed by atoms with Gasteiger partial charge in [-0.2, -0.15) is 0 Å². The van der Waals surface area contributed by atoms with E-state index in [-0.39, 0.29) is 49.0 Å². The van der Waals surface area contributed by atoms with Gasteiger partial charge in [-0.15, -0.1) is 0 Å². The molecule has 0 aliphatic heterocycles. The summed E-state index contributed by atoms with van der Waals surface area (Å²) in [5.41, 5.74) is 0.591. The normalized spacial score (nSPS) is 27.0. The minimum atomic E-state index is -2.63. The van der Waals surface area contributed by atoms with E-state index in [0.29, 0.717) is 11.4 Å². The number of nitrogens with one attached hydrogen (secondary N) is 2. The second-order valence-corrected chi connectivity index (χ2v) is 6.11. The molecule has 1 unspecified atom stereocenters. The maximum absolute atomic E-state index is 13.1. The SMILES string of the molecule is COc1ccc(NC(=O)CNC(=O)C2[C@H]3CC(F)(F)C[C@@H]23)cc1. The van der Waals surface area contributed by atoms with Gasteiger partial charge in [0, 0.05) is 24.4 Å². The fraction of sp³-hybridized carbons (Fsp3) is 0.500. The second kappa shape index (κ2) is 5.79. The van der Waals surface area contributed by atoms with Crippen LogP contribution >= 0.6 is 0 Å². The molecule has 0 radical (unpaired) electrons. The summed E-state index contributed by atoms with van der Waals surface area (Å²) < 4.78 is 31.1. The van der Waals surface area contributed by atoms with Gasteiger partial charge in [0.1, 0.15) is 5.75 Å². The number of rotatable bonds is 5. The minimum absolute atomic E-state index is 0.169. The third-order valence-corrected chi connectivity index (χ3v) is 4.50. The van der Waals surface area contributed by atoms with Crippen LogP contribution in [0.4, 0.5) is 14.5 Å². The number of carbonyl (C=O) groups is 2. The third-order valence-electron chi connectivity index (χ3n) is 4.50. The third kappa shape index (κ3) is 3.43. The van der Waals surface area contributed by atoms with Crippen molar-refractivity contribution < 1.29 is 23.1 Å². The lowest BCUT2D eigenvalue weighted by molar-refractivity contribution is -0.126. The predicted octanol–water partition coefficient (Wildman–Crippen LogP) is 2.04. The number of halogens is 2. The van der Waals surface area contributed by atoms with Gasteiger partial charge in [-0.3, -0.25) is 9.59 Å². The standard InChI is InChI=1S/C16H18F2N2O3/c1-23-10-4-2-9(3-5-10)20-13(21)8-19-15(22)14-11-6-16(17,18)7-12(11)14/h2-5,11-12,14H,6-8H2,1H3,(H,19,22)(H,20,21)/t11-,12+,14?. The van der Waals surface area contributed by atoms with Crippen LogP contribution in [0.25, 0.3) is 0 Å². The summed E-state index contributed by atoms with van der Waals surface area (Å²) >= 11 is 0. The van der Waals surface area contributed by atoms with Gasteiger partial charge in [0.15, 0.2) is 0 Å². The Morgan fingerprint density at radius 2 is 1.83 bits per heavy atom. The van der Waals surface area contributed by atoms with Gasteiger partial charge in [0.05, 0.1) is 13.7 Å². The zero-order valence-electron chi connectivity index (χ0n) is 12.6. The maximum Gasteiger partial charge on any atom is 0.248 e. The van der Waals surface area contributed by atoms with Gasteiger partial charge in [-0.1, -0.05) is 0 Å². The van der Waals surface area contributed by atoms with Crippen LogP contribution in [0.2, 0.25) is 0 Å². The maximum atomic E-state index is 13.1. The van der Waals surface area contributed by atoms with Crippen molar-refractivity contribution in [2.75, 3.05) is 19.0 Å². The van der Waals surface area contributed by atoms with Crippen LogP contribution in [-0.4, -0.2) is 31.4 Å². The Morgan fingerprint density at radius 3 is 2.39 bits per heavy atom. The molecular formula is C16H18F2N2O3.